The van der Waals surface area contributed by atoms with Crippen molar-refractivity contribution in [2.45, 2.75) is 57.2 Å². The van der Waals surface area contributed by atoms with Crippen molar-refractivity contribution in [2.75, 3.05) is 6.61 Å². The van der Waals surface area contributed by atoms with Crippen LogP contribution in [0.15, 0.2) is 24.3 Å². The SMILES string of the molecule is CC(=O)NC1C(Oc2ccc(Cl)cc2)OC2COC(C)(C)OC2C1O. The zero-order valence-corrected chi connectivity index (χ0v) is 15.0. The fraction of sp³-hybridized carbons (Fsp3) is 0.588. The maximum absolute atomic E-state index is 11.6. The summed E-state index contributed by atoms with van der Waals surface area (Å²) in [6.07, 6.45) is -3.05. The number of fused-ring (bicyclic) bond motifs is 1. The highest BCUT2D eigenvalue weighted by molar-refractivity contribution is 6.30. The van der Waals surface area contributed by atoms with Gasteiger partial charge in [0.25, 0.3) is 0 Å². The van der Waals surface area contributed by atoms with Gasteiger partial charge in [-0.25, -0.2) is 0 Å². The molecule has 0 bridgehead atoms. The third kappa shape index (κ3) is 4.24. The minimum atomic E-state index is -1.01. The number of carbonyl (C=O) groups is 1. The quantitative estimate of drug-likeness (QED) is 0.836. The molecule has 0 spiro atoms. The fourth-order valence-corrected chi connectivity index (χ4v) is 3.11. The molecule has 1 amide bonds. The molecule has 3 rings (SSSR count). The maximum Gasteiger partial charge on any atom is 0.223 e. The highest BCUT2D eigenvalue weighted by atomic mass is 35.5. The van der Waals surface area contributed by atoms with E-state index in [1.807, 2.05) is 0 Å². The molecule has 0 saturated carbocycles. The Labute approximate surface area is 151 Å². The van der Waals surface area contributed by atoms with E-state index in [4.69, 9.17) is 30.5 Å². The number of benzene rings is 1. The predicted octanol–water partition coefficient (Wildman–Crippen LogP) is 1.46. The standard InChI is InChI=1S/C17H22ClNO6/c1-9(20)19-13-14(21)15-12(8-22-17(2,3)25-15)24-16(13)23-11-6-4-10(18)5-7-11/h4-7,12-16,21H,8H2,1-3H3,(H,19,20). The van der Waals surface area contributed by atoms with E-state index in [1.54, 1.807) is 38.1 Å². The Morgan fingerprint density at radius 1 is 1.36 bits per heavy atom. The predicted molar refractivity (Wildman–Crippen MR) is 89.3 cm³/mol. The average Bonchev–Trinajstić information content (AvgIpc) is 2.53. The van der Waals surface area contributed by atoms with E-state index in [-0.39, 0.29) is 12.5 Å². The van der Waals surface area contributed by atoms with Gasteiger partial charge in [-0.15, -0.1) is 0 Å². The number of nitrogens with one attached hydrogen (secondary N) is 1. The normalized spacial score (nSPS) is 34.0. The molecule has 0 aromatic heterocycles. The zero-order valence-electron chi connectivity index (χ0n) is 14.3. The van der Waals surface area contributed by atoms with Crippen LogP contribution in [0, 0.1) is 0 Å². The van der Waals surface area contributed by atoms with Crippen LogP contribution in [-0.2, 0) is 19.0 Å². The van der Waals surface area contributed by atoms with E-state index >= 15 is 0 Å². The van der Waals surface area contributed by atoms with Gasteiger partial charge in [0, 0.05) is 11.9 Å². The molecule has 25 heavy (non-hydrogen) atoms. The van der Waals surface area contributed by atoms with E-state index in [0.29, 0.717) is 10.8 Å². The molecule has 0 aliphatic carbocycles. The number of ether oxygens (including phenoxy) is 4. The van der Waals surface area contributed by atoms with Gasteiger partial charge in [-0.2, -0.15) is 0 Å². The summed E-state index contributed by atoms with van der Waals surface area (Å²) >= 11 is 5.88. The molecule has 5 atom stereocenters. The monoisotopic (exact) mass is 371 g/mol. The lowest BCUT2D eigenvalue weighted by Crippen LogP contribution is -2.69. The third-order valence-corrected chi connectivity index (χ3v) is 4.38. The van der Waals surface area contributed by atoms with Crippen LogP contribution in [0.4, 0.5) is 0 Å². The van der Waals surface area contributed by atoms with Crippen LogP contribution in [0.3, 0.4) is 0 Å². The van der Waals surface area contributed by atoms with Crippen LogP contribution < -0.4 is 10.1 Å². The zero-order chi connectivity index (χ0) is 18.2. The Kier molecular flexibility index (Phi) is 5.22. The lowest BCUT2D eigenvalue weighted by atomic mass is 9.95. The van der Waals surface area contributed by atoms with E-state index < -0.39 is 36.4 Å². The van der Waals surface area contributed by atoms with Crippen LogP contribution in [0.2, 0.25) is 5.02 Å². The van der Waals surface area contributed by atoms with Crippen molar-refractivity contribution in [2.24, 2.45) is 0 Å². The minimum absolute atomic E-state index is 0.252. The topological polar surface area (TPSA) is 86.3 Å². The molecular weight excluding hydrogens is 350 g/mol. The minimum Gasteiger partial charge on any atom is -0.463 e. The summed E-state index contributed by atoms with van der Waals surface area (Å²) in [4.78, 5) is 11.6. The second kappa shape index (κ2) is 7.09. The summed E-state index contributed by atoms with van der Waals surface area (Å²) in [5.74, 6) is -0.633. The van der Waals surface area contributed by atoms with Crippen molar-refractivity contribution >= 4 is 17.5 Å². The van der Waals surface area contributed by atoms with Crippen molar-refractivity contribution in [3.05, 3.63) is 29.3 Å². The summed E-state index contributed by atoms with van der Waals surface area (Å²) in [6, 6.07) is 5.95. The van der Waals surface area contributed by atoms with Gasteiger partial charge < -0.3 is 29.4 Å². The number of carbonyl (C=O) groups excluding carboxylic acids is 1. The molecule has 2 aliphatic heterocycles. The van der Waals surface area contributed by atoms with Crippen LogP contribution in [-0.4, -0.2) is 54.1 Å². The Morgan fingerprint density at radius 3 is 2.68 bits per heavy atom. The number of hydrogen-bond donors (Lipinski definition) is 2. The smallest absolute Gasteiger partial charge is 0.223 e. The van der Waals surface area contributed by atoms with Crippen molar-refractivity contribution in [3.63, 3.8) is 0 Å². The molecule has 2 heterocycles. The largest absolute Gasteiger partial charge is 0.463 e. The number of aliphatic hydroxyl groups excluding tert-OH is 1. The third-order valence-electron chi connectivity index (χ3n) is 4.12. The maximum atomic E-state index is 11.6. The first-order valence-electron chi connectivity index (χ1n) is 8.10. The van der Waals surface area contributed by atoms with Gasteiger partial charge >= 0.3 is 0 Å². The van der Waals surface area contributed by atoms with Crippen molar-refractivity contribution < 1.29 is 28.8 Å². The Morgan fingerprint density at radius 2 is 2.04 bits per heavy atom. The van der Waals surface area contributed by atoms with Crippen molar-refractivity contribution in [3.8, 4) is 5.75 Å². The van der Waals surface area contributed by atoms with Gasteiger partial charge in [-0.05, 0) is 38.1 Å². The summed E-state index contributed by atoms with van der Waals surface area (Å²) in [5.41, 5.74) is 0. The summed E-state index contributed by atoms with van der Waals surface area (Å²) in [6.45, 7) is 5.15. The summed E-state index contributed by atoms with van der Waals surface area (Å²) in [5, 5.41) is 14.0. The van der Waals surface area contributed by atoms with Gasteiger partial charge in [0.2, 0.25) is 12.2 Å². The molecule has 5 unspecified atom stereocenters. The molecule has 2 saturated heterocycles. The van der Waals surface area contributed by atoms with Gasteiger partial charge in [0.1, 0.15) is 30.1 Å². The molecule has 1 aromatic rings. The number of rotatable bonds is 3. The molecule has 2 fully saturated rings. The lowest BCUT2D eigenvalue weighted by Gasteiger charge is -2.49. The number of halogens is 1. The number of hydrogen-bond acceptors (Lipinski definition) is 6. The van der Waals surface area contributed by atoms with Crippen molar-refractivity contribution in [1.29, 1.82) is 0 Å². The molecule has 138 valence electrons. The van der Waals surface area contributed by atoms with Crippen molar-refractivity contribution in [1.82, 2.24) is 5.32 Å². The fourth-order valence-electron chi connectivity index (χ4n) is 2.98. The first-order chi connectivity index (χ1) is 11.7. The molecule has 7 nitrogen and oxygen atoms in total. The van der Waals surface area contributed by atoms with Crippen LogP contribution in [0.25, 0.3) is 0 Å². The molecule has 1 aromatic carbocycles. The summed E-state index contributed by atoms with van der Waals surface area (Å²) in [7, 11) is 0. The average molecular weight is 372 g/mol. The second-order valence-electron chi connectivity index (χ2n) is 6.62. The van der Waals surface area contributed by atoms with Crippen LogP contribution >= 0.6 is 11.6 Å². The highest BCUT2D eigenvalue weighted by Gasteiger charge is 2.52. The molecule has 0 radical (unpaired) electrons. The Hall–Kier alpha value is -1.38. The van der Waals surface area contributed by atoms with Gasteiger partial charge in [0.05, 0.1) is 6.61 Å². The Balaban J connectivity index is 1.80. The van der Waals surface area contributed by atoms with Gasteiger partial charge in [-0.3, -0.25) is 4.79 Å². The molecular formula is C17H22ClNO6. The van der Waals surface area contributed by atoms with E-state index in [2.05, 4.69) is 5.32 Å². The van der Waals surface area contributed by atoms with Gasteiger partial charge in [0.15, 0.2) is 5.79 Å². The lowest BCUT2D eigenvalue weighted by molar-refractivity contribution is -0.361. The Bertz CT molecular complexity index is 622. The second-order valence-corrected chi connectivity index (χ2v) is 7.06. The number of amides is 1. The first kappa shape index (κ1) is 18.4. The van der Waals surface area contributed by atoms with E-state index in [1.165, 1.54) is 6.92 Å². The highest BCUT2D eigenvalue weighted by Crippen LogP contribution is 2.33. The molecule has 2 N–H and O–H groups in total. The van der Waals surface area contributed by atoms with Crippen LogP contribution in [0.1, 0.15) is 20.8 Å². The number of aliphatic hydroxyl groups is 1. The van der Waals surface area contributed by atoms with Crippen LogP contribution in [0.5, 0.6) is 5.75 Å². The van der Waals surface area contributed by atoms with Gasteiger partial charge in [-0.1, -0.05) is 11.6 Å². The molecule has 2 aliphatic rings. The van der Waals surface area contributed by atoms with E-state index in [0.717, 1.165) is 0 Å². The first-order valence-corrected chi connectivity index (χ1v) is 8.47. The van der Waals surface area contributed by atoms with E-state index in [9.17, 15) is 9.90 Å². The molecule has 8 heteroatoms. The summed E-state index contributed by atoms with van der Waals surface area (Å²) < 4.78 is 23.1.